The van der Waals surface area contributed by atoms with Crippen LogP contribution in [0.1, 0.15) is 37.0 Å². The first-order valence-electron chi connectivity index (χ1n) is 6.36. The van der Waals surface area contributed by atoms with Crippen LogP contribution in [0.25, 0.3) is 5.52 Å². The molecule has 2 aromatic rings. The van der Waals surface area contributed by atoms with E-state index in [9.17, 15) is 9.59 Å². The molecule has 0 radical (unpaired) electrons. The number of carbonyl (C=O) groups is 2. The highest BCUT2D eigenvalue weighted by atomic mass is 16.4. The van der Waals surface area contributed by atoms with Crippen LogP contribution in [0.5, 0.6) is 0 Å². The van der Waals surface area contributed by atoms with Crippen molar-refractivity contribution in [1.82, 2.24) is 14.9 Å². The first kappa shape index (κ1) is 14.0. The van der Waals surface area contributed by atoms with E-state index in [1.807, 2.05) is 18.2 Å². The van der Waals surface area contributed by atoms with Gasteiger partial charge in [0.1, 0.15) is 0 Å². The fourth-order valence-corrected chi connectivity index (χ4v) is 1.97. The van der Waals surface area contributed by atoms with Gasteiger partial charge in [-0.1, -0.05) is 6.07 Å². The zero-order valence-corrected chi connectivity index (χ0v) is 11.5. The molecule has 106 valence electrons. The minimum atomic E-state index is -0.872. The van der Waals surface area contributed by atoms with Crippen molar-refractivity contribution in [1.29, 1.82) is 0 Å². The molecule has 20 heavy (non-hydrogen) atoms. The summed E-state index contributed by atoms with van der Waals surface area (Å²) in [5.41, 5.74) is 0.617. The molecule has 0 bridgehead atoms. The molecule has 1 amide bonds. The Morgan fingerprint density at radius 3 is 2.85 bits per heavy atom. The summed E-state index contributed by atoms with van der Waals surface area (Å²) in [6, 6.07) is 5.48. The zero-order valence-electron chi connectivity index (χ0n) is 11.5. The van der Waals surface area contributed by atoms with Gasteiger partial charge in [-0.15, -0.1) is 0 Å². The lowest BCUT2D eigenvalue weighted by Crippen LogP contribution is -2.43. The number of rotatable bonds is 5. The quantitative estimate of drug-likeness (QED) is 0.870. The second-order valence-corrected chi connectivity index (χ2v) is 5.32. The van der Waals surface area contributed by atoms with Crippen LogP contribution < -0.4 is 5.32 Å². The summed E-state index contributed by atoms with van der Waals surface area (Å²) in [5.74, 6) is -1.12. The first-order chi connectivity index (χ1) is 9.39. The summed E-state index contributed by atoms with van der Waals surface area (Å²) >= 11 is 0. The Morgan fingerprint density at radius 2 is 2.15 bits per heavy atom. The molecule has 0 saturated carbocycles. The summed E-state index contributed by atoms with van der Waals surface area (Å²) in [6.07, 6.45) is 3.66. The lowest BCUT2D eigenvalue weighted by Gasteiger charge is -2.25. The van der Waals surface area contributed by atoms with Crippen molar-refractivity contribution in [3.63, 3.8) is 0 Å². The van der Waals surface area contributed by atoms with Gasteiger partial charge in [0, 0.05) is 18.2 Å². The van der Waals surface area contributed by atoms with Crippen LogP contribution in [0.15, 0.2) is 30.6 Å². The van der Waals surface area contributed by atoms with Crippen LogP contribution in [0.3, 0.4) is 0 Å². The molecule has 6 heteroatoms. The van der Waals surface area contributed by atoms with E-state index >= 15 is 0 Å². The van der Waals surface area contributed by atoms with Crippen molar-refractivity contribution >= 4 is 17.4 Å². The molecule has 0 saturated heterocycles. The molecule has 2 aromatic heterocycles. The molecule has 0 aliphatic carbocycles. The Bertz CT molecular complexity index is 646. The molecular weight excluding hydrogens is 258 g/mol. The molecule has 0 aliphatic heterocycles. The van der Waals surface area contributed by atoms with Gasteiger partial charge in [0.2, 0.25) is 0 Å². The van der Waals surface area contributed by atoms with Gasteiger partial charge in [-0.05, 0) is 32.4 Å². The molecule has 6 nitrogen and oxygen atoms in total. The third-order valence-electron chi connectivity index (χ3n) is 3.09. The van der Waals surface area contributed by atoms with Gasteiger partial charge < -0.3 is 10.4 Å². The van der Waals surface area contributed by atoms with Crippen molar-refractivity contribution in [3.8, 4) is 0 Å². The highest BCUT2D eigenvalue weighted by Gasteiger charge is 2.23. The van der Waals surface area contributed by atoms with E-state index in [0.29, 0.717) is 12.0 Å². The van der Waals surface area contributed by atoms with E-state index < -0.39 is 11.5 Å². The number of carboxylic acid groups (broad SMARTS) is 1. The predicted octanol–water partition coefficient (Wildman–Crippen LogP) is 1.71. The molecule has 2 rings (SSSR count). The number of nitrogens with one attached hydrogen (secondary N) is 1. The van der Waals surface area contributed by atoms with Crippen LogP contribution in [-0.2, 0) is 4.79 Å². The van der Waals surface area contributed by atoms with Crippen LogP contribution in [0.2, 0.25) is 0 Å². The number of nitrogens with zero attached hydrogens (tertiary/aromatic N) is 2. The average molecular weight is 275 g/mol. The number of hydrogen-bond donors (Lipinski definition) is 2. The highest BCUT2D eigenvalue weighted by molar-refractivity contribution is 6.00. The monoisotopic (exact) mass is 275 g/mol. The molecule has 0 aromatic carbocycles. The molecule has 2 N–H and O–H groups in total. The predicted molar refractivity (Wildman–Crippen MR) is 73.6 cm³/mol. The van der Waals surface area contributed by atoms with Gasteiger partial charge in [0.15, 0.2) is 0 Å². The van der Waals surface area contributed by atoms with E-state index in [-0.39, 0.29) is 12.3 Å². The second kappa shape index (κ2) is 5.32. The van der Waals surface area contributed by atoms with Gasteiger partial charge in [0.05, 0.1) is 17.3 Å². The van der Waals surface area contributed by atoms with Crippen LogP contribution >= 0.6 is 0 Å². The topological polar surface area (TPSA) is 83.7 Å². The summed E-state index contributed by atoms with van der Waals surface area (Å²) in [7, 11) is 0. The second-order valence-electron chi connectivity index (χ2n) is 5.32. The Balaban J connectivity index is 2.13. The van der Waals surface area contributed by atoms with Gasteiger partial charge in [-0.3, -0.25) is 9.59 Å². The standard InChI is InChI=1S/C14H17N3O3/c1-14(2,7-6-12(18)19)16-13(20)10-9-15-17-8-4-3-5-11(10)17/h3-5,8-9H,6-7H2,1-2H3,(H,16,20)(H,18,19). The smallest absolute Gasteiger partial charge is 0.303 e. The van der Waals surface area contributed by atoms with Gasteiger partial charge >= 0.3 is 5.97 Å². The van der Waals surface area contributed by atoms with Crippen molar-refractivity contribution < 1.29 is 14.7 Å². The maximum absolute atomic E-state index is 12.3. The van der Waals surface area contributed by atoms with Crippen LogP contribution in [0, 0.1) is 0 Å². The van der Waals surface area contributed by atoms with Crippen molar-refractivity contribution in [3.05, 3.63) is 36.2 Å². The maximum Gasteiger partial charge on any atom is 0.303 e. The van der Waals surface area contributed by atoms with E-state index in [4.69, 9.17) is 5.11 Å². The Morgan fingerprint density at radius 1 is 1.40 bits per heavy atom. The molecular formula is C14H17N3O3. The minimum absolute atomic E-state index is 0.0159. The third kappa shape index (κ3) is 3.14. The number of hydrogen-bond acceptors (Lipinski definition) is 3. The van der Waals surface area contributed by atoms with Crippen molar-refractivity contribution in [2.75, 3.05) is 0 Å². The molecule has 2 heterocycles. The number of pyridine rings is 1. The fourth-order valence-electron chi connectivity index (χ4n) is 1.97. The molecule has 0 atom stereocenters. The number of aliphatic carboxylic acids is 1. The van der Waals surface area contributed by atoms with Crippen molar-refractivity contribution in [2.45, 2.75) is 32.2 Å². The lowest BCUT2D eigenvalue weighted by atomic mass is 9.98. The molecule has 0 aliphatic rings. The number of carbonyl (C=O) groups excluding carboxylic acids is 1. The summed E-state index contributed by atoms with van der Waals surface area (Å²) in [5, 5.41) is 15.7. The Kier molecular flexibility index (Phi) is 3.74. The zero-order chi connectivity index (χ0) is 14.8. The van der Waals surface area contributed by atoms with Crippen molar-refractivity contribution in [2.24, 2.45) is 0 Å². The summed E-state index contributed by atoms with van der Waals surface area (Å²) in [4.78, 5) is 22.9. The number of aromatic nitrogens is 2. The van der Waals surface area contributed by atoms with Crippen LogP contribution in [-0.4, -0.2) is 32.1 Å². The molecule has 0 spiro atoms. The minimum Gasteiger partial charge on any atom is -0.481 e. The lowest BCUT2D eigenvalue weighted by molar-refractivity contribution is -0.137. The number of carboxylic acids is 1. The molecule has 0 unspecified atom stereocenters. The highest BCUT2D eigenvalue weighted by Crippen LogP contribution is 2.15. The average Bonchev–Trinajstić information content (AvgIpc) is 2.80. The SMILES string of the molecule is CC(C)(CCC(=O)O)NC(=O)c1cnn2ccccc12. The van der Waals surface area contributed by atoms with E-state index in [0.717, 1.165) is 5.52 Å². The largest absolute Gasteiger partial charge is 0.481 e. The van der Waals surface area contributed by atoms with E-state index in [2.05, 4.69) is 10.4 Å². The Hall–Kier alpha value is -2.37. The number of fused-ring (bicyclic) bond motifs is 1. The van der Waals surface area contributed by atoms with Crippen LogP contribution in [0.4, 0.5) is 0 Å². The normalized spacial score (nSPS) is 11.5. The van der Waals surface area contributed by atoms with Gasteiger partial charge in [-0.2, -0.15) is 5.10 Å². The summed E-state index contributed by atoms with van der Waals surface area (Å²) < 4.78 is 1.62. The van der Waals surface area contributed by atoms with E-state index in [1.165, 1.54) is 6.20 Å². The molecule has 0 fully saturated rings. The Labute approximate surface area is 116 Å². The first-order valence-corrected chi connectivity index (χ1v) is 6.36. The summed E-state index contributed by atoms with van der Waals surface area (Å²) in [6.45, 7) is 3.61. The number of amides is 1. The van der Waals surface area contributed by atoms with E-state index in [1.54, 1.807) is 24.6 Å². The maximum atomic E-state index is 12.3. The van der Waals surface area contributed by atoms with Gasteiger partial charge in [0.25, 0.3) is 5.91 Å². The fraction of sp³-hybridized carbons (Fsp3) is 0.357. The van der Waals surface area contributed by atoms with Gasteiger partial charge in [-0.25, -0.2) is 4.52 Å². The third-order valence-corrected chi connectivity index (χ3v) is 3.09.